The minimum Gasteiger partial charge on any atom is -0.456 e. The average molecular weight is 343 g/mol. The zero-order valence-corrected chi connectivity index (χ0v) is 12.2. The fraction of sp³-hybridized carbons (Fsp3) is 0.0769. The van der Waals surface area contributed by atoms with Gasteiger partial charge in [-0.2, -0.15) is 0 Å². The number of nitrogens with zero attached hydrogens (tertiary/aromatic N) is 1. The zero-order chi connectivity index (χ0) is 14.0. The second-order valence-corrected chi connectivity index (χ2v) is 5.15. The molecule has 0 aliphatic heterocycles. The van der Waals surface area contributed by atoms with Crippen molar-refractivity contribution in [1.29, 1.82) is 0 Å². The lowest BCUT2D eigenvalue weighted by molar-refractivity contribution is -0.384. The Kier molecular flexibility index (Phi) is 4.07. The molecule has 0 aromatic heterocycles. The van der Waals surface area contributed by atoms with Crippen LogP contribution in [0.3, 0.4) is 0 Å². The maximum Gasteiger partial charge on any atom is 0.271 e. The monoisotopic (exact) mass is 341 g/mol. The van der Waals surface area contributed by atoms with Crippen molar-refractivity contribution >= 4 is 33.2 Å². The summed E-state index contributed by atoms with van der Waals surface area (Å²) in [5.74, 6) is 1.01. The van der Waals surface area contributed by atoms with Crippen LogP contribution in [0.1, 0.15) is 5.56 Å². The Hall–Kier alpha value is -1.59. The SMILES string of the molecule is Cc1cc(Oc2ccc([N+](=O)[O-])cc2Cl)ccc1Br. The first-order valence-corrected chi connectivity index (χ1v) is 6.52. The van der Waals surface area contributed by atoms with Crippen molar-refractivity contribution in [2.45, 2.75) is 6.92 Å². The molecule has 2 aromatic rings. The molecule has 0 amide bonds. The van der Waals surface area contributed by atoms with Crippen LogP contribution in [0.25, 0.3) is 0 Å². The first-order chi connectivity index (χ1) is 8.97. The third-order valence-corrected chi connectivity index (χ3v) is 3.67. The summed E-state index contributed by atoms with van der Waals surface area (Å²) in [6.07, 6.45) is 0. The van der Waals surface area contributed by atoms with Crippen molar-refractivity contribution in [3.8, 4) is 11.5 Å². The second-order valence-electron chi connectivity index (χ2n) is 3.88. The van der Waals surface area contributed by atoms with Crippen molar-refractivity contribution in [1.82, 2.24) is 0 Å². The Morgan fingerprint density at radius 1 is 1.26 bits per heavy atom. The summed E-state index contributed by atoms with van der Waals surface area (Å²) in [6, 6.07) is 9.61. The molecule has 19 heavy (non-hydrogen) atoms. The summed E-state index contributed by atoms with van der Waals surface area (Å²) in [7, 11) is 0. The fourth-order valence-electron chi connectivity index (χ4n) is 1.49. The molecule has 0 bridgehead atoms. The summed E-state index contributed by atoms with van der Waals surface area (Å²) in [5.41, 5.74) is 0.958. The Balaban J connectivity index is 2.28. The average Bonchev–Trinajstić information content (AvgIpc) is 2.36. The molecule has 0 atom stereocenters. The van der Waals surface area contributed by atoms with Gasteiger partial charge in [-0.1, -0.05) is 27.5 Å². The highest BCUT2D eigenvalue weighted by molar-refractivity contribution is 9.10. The molecule has 4 nitrogen and oxygen atoms in total. The van der Waals surface area contributed by atoms with Crippen LogP contribution in [0, 0.1) is 17.0 Å². The molecule has 0 fully saturated rings. The molecule has 0 N–H and O–H groups in total. The van der Waals surface area contributed by atoms with E-state index in [4.69, 9.17) is 16.3 Å². The maximum atomic E-state index is 10.6. The molecule has 0 unspecified atom stereocenters. The lowest BCUT2D eigenvalue weighted by Gasteiger charge is -2.08. The first kappa shape index (κ1) is 13.8. The van der Waals surface area contributed by atoms with E-state index in [9.17, 15) is 10.1 Å². The van der Waals surface area contributed by atoms with E-state index in [-0.39, 0.29) is 10.7 Å². The van der Waals surface area contributed by atoms with Crippen molar-refractivity contribution in [3.05, 3.63) is 61.6 Å². The van der Waals surface area contributed by atoms with Gasteiger partial charge >= 0.3 is 0 Å². The van der Waals surface area contributed by atoms with E-state index in [1.54, 1.807) is 6.07 Å². The van der Waals surface area contributed by atoms with Crippen LogP contribution in [-0.2, 0) is 0 Å². The van der Waals surface area contributed by atoms with Crippen LogP contribution in [0.5, 0.6) is 11.5 Å². The number of benzene rings is 2. The van der Waals surface area contributed by atoms with Gasteiger partial charge < -0.3 is 4.74 Å². The lowest BCUT2D eigenvalue weighted by atomic mass is 10.2. The second kappa shape index (κ2) is 5.59. The zero-order valence-electron chi connectivity index (χ0n) is 9.89. The molecule has 0 saturated carbocycles. The van der Waals surface area contributed by atoms with E-state index in [1.807, 2.05) is 19.1 Å². The van der Waals surface area contributed by atoms with E-state index in [0.29, 0.717) is 11.5 Å². The summed E-state index contributed by atoms with van der Waals surface area (Å²) in [6.45, 7) is 1.94. The van der Waals surface area contributed by atoms with Crippen LogP contribution >= 0.6 is 27.5 Å². The van der Waals surface area contributed by atoms with Gasteiger partial charge in [-0.15, -0.1) is 0 Å². The van der Waals surface area contributed by atoms with Gasteiger partial charge in [-0.25, -0.2) is 0 Å². The molecule has 0 spiro atoms. The van der Waals surface area contributed by atoms with E-state index >= 15 is 0 Å². The van der Waals surface area contributed by atoms with E-state index in [0.717, 1.165) is 10.0 Å². The van der Waals surface area contributed by atoms with Gasteiger partial charge in [-0.3, -0.25) is 10.1 Å². The Morgan fingerprint density at radius 3 is 2.58 bits per heavy atom. The Labute approximate surface area is 123 Å². The van der Waals surface area contributed by atoms with Crippen LogP contribution in [0.2, 0.25) is 5.02 Å². The van der Waals surface area contributed by atoms with Crippen LogP contribution in [0.15, 0.2) is 40.9 Å². The third-order valence-electron chi connectivity index (χ3n) is 2.48. The normalized spacial score (nSPS) is 10.3. The number of ether oxygens (including phenoxy) is 1. The summed E-state index contributed by atoms with van der Waals surface area (Å²) >= 11 is 9.35. The topological polar surface area (TPSA) is 52.4 Å². The van der Waals surface area contributed by atoms with Gasteiger partial charge in [0, 0.05) is 16.6 Å². The maximum absolute atomic E-state index is 10.6. The molecule has 6 heteroatoms. The summed E-state index contributed by atoms with van der Waals surface area (Å²) in [5, 5.41) is 10.8. The van der Waals surface area contributed by atoms with E-state index < -0.39 is 4.92 Å². The minimum atomic E-state index is -0.501. The molecule has 98 valence electrons. The quantitative estimate of drug-likeness (QED) is 0.575. The molecular weight excluding hydrogens is 334 g/mol. The van der Waals surface area contributed by atoms with Crippen molar-refractivity contribution in [2.75, 3.05) is 0 Å². The molecule has 0 aliphatic rings. The van der Waals surface area contributed by atoms with Gasteiger partial charge in [0.05, 0.1) is 9.95 Å². The predicted octanol–water partition coefficient (Wildman–Crippen LogP) is 5.11. The highest BCUT2D eigenvalue weighted by Gasteiger charge is 2.11. The fourth-order valence-corrected chi connectivity index (χ4v) is 1.95. The van der Waals surface area contributed by atoms with Gasteiger partial charge in [0.15, 0.2) is 0 Å². The molecule has 0 radical (unpaired) electrons. The van der Waals surface area contributed by atoms with E-state index in [1.165, 1.54) is 18.2 Å². The van der Waals surface area contributed by atoms with Crippen LogP contribution in [0.4, 0.5) is 5.69 Å². The van der Waals surface area contributed by atoms with Gasteiger partial charge in [0.1, 0.15) is 11.5 Å². The van der Waals surface area contributed by atoms with Crippen LogP contribution < -0.4 is 4.74 Å². The predicted molar refractivity (Wildman–Crippen MR) is 77.1 cm³/mol. The highest BCUT2D eigenvalue weighted by Crippen LogP contribution is 2.33. The molecule has 0 aliphatic carbocycles. The molecular formula is C13H9BrClNO3. The summed E-state index contributed by atoms with van der Waals surface area (Å²) < 4.78 is 6.59. The third kappa shape index (κ3) is 3.24. The van der Waals surface area contributed by atoms with Crippen LogP contribution in [-0.4, -0.2) is 4.92 Å². The van der Waals surface area contributed by atoms with E-state index in [2.05, 4.69) is 15.9 Å². The number of rotatable bonds is 3. The Morgan fingerprint density at radius 2 is 2.00 bits per heavy atom. The molecule has 2 rings (SSSR count). The standard InChI is InChI=1S/C13H9BrClNO3/c1-8-6-10(3-4-11(8)14)19-13-5-2-9(16(17)18)7-12(13)15/h2-7H,1H3. The number of nitro benzene ring substituents is 1. The van der Waals surface area contributed by atoms with Crippen molar-refractivity contribution in [3.63, 3.8) is 0 Å². The number of halogens is 2. The number of aryl methyl sites for hydroxylation is 1. The lowest BCUT2D eigenvalue weighted by Crippen LogP contribution is -1.90. The first-order valence-electron chi connectivity index (χ1n) is 5.35. The summed E-state index contributed by atoms with van der Waals surface area (Å²) in [4.78, 5) is 10.1. The van der Waals surface area contributed by atoms with Crippen molar-refractivity contribution < 1.29 is 9.66 Å². The van der Waals surface area contributed by atoms with Gasteiger partial charge in [0.2, 0.25) is 0 Å². The van der Waals surface area contributed by atoms with Gasteiger partial charge in [-0.05, 0) is 36.8 Å². The number of nitro groups is 1. The highest BCUT2D eigenvalue weighted by atomic mass is 79.9. The smallest absolute Gasteiger partial charge is 0.271 e. The Bertz CT molecular complexity index is 646. The minimum absolute atomic E-state index is 0.0654. The molecule has 0 heterocycles. The number of hydrogen-bond acceptors (Lipinski definition) is 3. The number of hydrogen-bond donors (Lipinski definition) is 0. The van der Waals surface area contributed by atoms with Crippen molar-refractivity contribution in [2.24, 2.45) is 0 Å². The molecule has 2 aromatic carbocycles. The number of non-ortho nitro benzene ring substituents is 1. The molecule has 0 saturated heterocycles. The van der Waals surface area contributed by atoms with Gasteiger partial charge in [0.25, 0.3) is 5.69 Å². The largest absolute Gasteiger partial charge is 0.456 e.